The number of nitrogens with zero attached hydrogens (tertiary/aromatic N) is 3. The molecule has 2 aromatic heterocycles. The molecule has 2 fully saturated rings. The molecule has 0 atom stereocenters. The van der Waals surface area contributed by atoms with Gasteiger partial charge in [0.25, 0.3) is 0 Å². The summed E-state index contributed by atoms with van der Waals surface area (Å²) in [5.74, 6) is 1.36. The van der Waals surface area contributed by atoms with Crippen LogP contribution in [0.2, 0.25) is 0 Å². The molecule has 2 bridgehead atoms. The number of hydrogen-bond acceptors (Lipinski definition) is 5. The predicted octanol–water partition coefficient (Wildman–Crippen LogP) is 2.45. The summed E-state index contributed by atoms with van der Waals surface area (Å²) in [7, 11) is 1.48. The molecule has 2 heterocycles. The molecule has 2 N–H and O–H groups in total. The van der Waals surface area contributed by atoms with E-state index >= 15 is 0 Å². The van der Waals surface area contributed by atoms with E-state index in [1.807, 2.05) is 10.6 Å². The second kappa shape index (κ2) is 4.44. The van der Waals surface area contributed by atoms with Crippen molar-refractivity contribution in [1.82, 2.24) is 14.4 Å². The van der Waals surface area contributed by atoms with Crippen LogP contribution in [0.5, 0.6) is 0 Å². The number of aromatic nitrogens is 3. The number of esters is 1. The van der Waals surface area contributed by atoms with E-state index < -0.39 is 0 Å². The number of methoxy groups -OCH3 is 1. The molecule has 0 saturated heterocycles. The molecule has 4 rings (SSSR count). The topological polar surface area (TPSA) is 82.5 Å². The van der Waals surface area contributed by atoms with Crippen LogP contribution in [0.4, 0.5) is 5.82 Å². The molecule has 2 aliphatic carbocycles. The highest BCUT2D eigenvalue weighted by atomic mass is 79.9. The fourth-order valence-corrected chi connectivity index (χ4v) is 4.96. The smallest absolute Gasteiger partial charge is 0.311 e. The zero-order valence-corrected chi connectivity index (χ0v) is 13.9. The average molecular weight is 365 g/mol. The lowest BCUT2D eigenvalue weighted by molar-refractivity contribution is -0.152. The number of carbonyl (C=O) groups is 1. The average Bonchev–Trinajstić information content (AvgIpc) is 3.18. The number of anilines is 1. The summed E-state index contributed by atoms with van der Waals surface area (Å²) in [4.78, 5) is 21.1. The third-order valence-electron chi connectivity index (χ3n) is 5.47. The lowest BCUT2D eigenvalue weighted by Gasteiger charge is -2.25. The van der Waals surface area contributed by atoms with Crippen LogP contribution >= 0.6 is 15.9 Å². The Bertz CT molecular complexity index is 777. The van der Waals surface area contributed by atoms with Crippen molar-refractivity contribution in [1.29, 1.82) is 0 Å². The first-order valence-electron chi connectivity index (χ1n) is 7.38. The normalized spacial score (nSPS) is 30.1. The number of hydrogen-bond donors (Lipinski definition) is 1. The Morgan fingerprint density at radius 1 is 1.41 bits per heavy atom. The van der Waals surface area contributed by atoms with Gasteiger partial charge in [0.05, 0.1) is 12.5 Å². The van der Waals surface area contributed by atoms with Crippen LogP contribution in [0, 0.1) is 5.41 Å². The summed E-state index contributed by atoms with van der Waals surface area (Å²) in [6, 6.07) is 0. The van der Waals surface area contributed by atoms with Crippen LogP contribution in [0.25, 0.3) is 5.52 Å². The van der Waals surface area contributed by atoms with Gasteiger partial charge in [0.1, 0.15) is 15.9 Å². The minimum atomic E-state index is -0.328. The molecule has 0 aromatic carbocycles. The number of rotatable bonds is 2. The van der Waals surface area contributed by atoms with Gasteiger partial charge in [0, 0.05) is 17.8 Å². The van der Waals surface area contributed by atoms with E-state index in [9.17, 15) is 4.79 Å². The maximum Gasteiger partial charge on any atom is 0.311 e. The predicted molar refractivity (Wildman–Crippen MR) is 84.3 cm³/mol. The van der Waals surface area contributed by atoms with E-state index in [2.05, 4.69) is 20.9 Å². The van der Waals surface area contributed by atoms with Gasteiger partial charge >= 0.3 is 5.97 Å². The molecule has 0 radical (unpaired) electrons. The summed E-state index contributed by atoms with van der Waals surface area (Å²) in [6.45, 7) is 0. The van der Waals surface area contributed by atoms with Crippen LogP contribution < -0.4 is 5.73 Å². The molecular formula is C15H17BrN4O2. The maximum absolute atomic E-state index is 12.2. The Labute approximate surface area is 136 Å². The SMILES string of the molecule is COC(=O)C12CCC(c3nc(Br)c4c(N)nccn34)(CC1)C2. The molecule has 7 heteroatoms. The lowest BCUT2D eigenvalue weighted by atomic mass is 9.81. The van der Waals surface area contributed by atoms with E-state index in [0.29, 0.717) is 10.4 Å². The first kappa shape index (κ1) is 14.0. The second-order valence-corrected chi connectivity index (χ2v) is 7.24. The lowest BCUT2D eigenvalue weighted by Crippen LogP contribution is -2.27. The highest BCUT2D eigenvalue weighted by molar-refractivity contribution is 9.10. The van der Waals surface area contributed by atoms with Crippen molar-refractivity contribution in [3.63, 3.8) is 0 Å². The van der Waals surface area contributed by atoms with Gasteiger partial charge in [-0.05, 0) is 48.0 Å². The number of imidazole rings is 1. The largest absolute Gasteiger partial charge is 0.469 e. The number of ether oxygens (including phenoxy) is 1. The number of nitrogens with two attached hydrogens (primary N) is 1. The molecule has 2 aliphatic rings. The van der Waals surface area contributed by atoms with Gasteiger partial charge in [-0.15, -0.1) is 0 Å². The van der Waals surface area contributed by atoms with Gasteiger partial charge in [0.15, 0.2) is 5.82 Å². The third-order valence-corrected chi connectivity index (χ3v) is 6.03. The van der Waals surface area contributed by atoms with Gasteiger partial charge < -0.3 is 10.5 Å². The van der Waals surface area contributed by atoms with E-state index in [1.165, 1.54) is 7.11 Å². The molecule has 2 aromatic rings. The summed E-state index contributed by atoms with van der Waals surface area (Å²) in [5, 5.41) is 0. The number of carbonyl (C=O) groups excluding carboxylic acids is 1. The number of fused-ring (bicyclic) bond motifs is 3. The van der Waals surface area contributed by atoms with E-state index in [1.54, 1.807) is 6.20 Å². The van der Waals surface area contributed by atoms with Crippen LogP contribution in [-0.4, -0.2) is 27.4 Å². The van der Waals surface area contributed by atoms with E-state index in [-0.39, 0.29) is 16.8 Å². The Morgan fingerprint density at radius 3 is 2.82 bits per heavy atom. The minimum absolute atomic E-state index is 0.0725. The molecule has 0 aliphatic heterocycles. The van der Waals surface area contributed by atoms with Crippen molar-refractivity contribution in [3.8, 4) is 0 Å². The first-order valence-corrected chi connectivity index (χ1v) is 8.18. The minimum Gasteiger partial charge on any atom is -0.469 e. The van der Waals surface area contributed by atoms with Crippen molar-refractivity contribution >= 4 is 33.2 Å². The fraction of sp³-hybridized carbons (Fsp3) is 0.533. The summed E-state index contributed by atoms with van der Waals surface area (Å²) in [5.41, 5.74) is 6.38. The number of halogens is 1. The van der Waals surface area contributed by atoms with Crippen LogP contribution in [0.15, 0.2) is 17.0 Å². The van der Waals surface area contributed by atoms with Crippen LogP contribution in [0.3, 0.4) is 0 Å². The molecule has 0 unspecified atom stereocenters. The van der Waals surface area contributed by atoms with Gasteiger partial charge in [-0.2, -0.15) is 0 Å². The van der Waals surface area contributed by atoms with E-state index in [0.717, 1.165) is 43.4 Å². The van der Waals surface area contributed by atoms with Crippen molar-refractivity contribution in [2.45, 2.75) is 37.5 Å². The van der Waals surface area contributed by atoms with Crippen molar-refractivity contribution in [2.75, 3.05) is 12.8 Å². The van der Waals surface area contributed by atoms with Crippen molar-refractivity contribution < 1.29 is 9.53 Å². The summed E-state index contributed by atoms with van der Waals surface area (Å²) < 4.78 is 7.77. The zero-order chi connectivity index (χ0) is 15.5. The van der Waals surface area contributed by atoms with E-state index in [4.69, 9.17) is 15.5 Å². The fourth-order valence-electron chi connectivity index (χ4n) is 4.40. The molecule has 0 spiro atoms. The molecule has 22 heavy (non-hydrogen) atoms. The van der Waals surface area contributed by atoms with Gasteiger partial charge in [-0.1, -0.05) is 0 Å². The van der Waals surface area contributed by atoms with Gasteiger partial charge in [0.2, 0.25) is 0 Å². The van der Waals surface area contributed by atoms with Crippen molar-refractivity contribution in [3.05, 3.63) is 22.8 Å². The summed E-state index contributed by atoms with van der Waals surface area (Å²) >= 11 is 3.50. The second-order valence-electron chi connectivity index (χ2n) is 6.49. The maximum atomic E-state index is 12.2. The molecule has 0 amide bonds. The van der Waals surface area contributed by atoms with Crippen LogP contribution in [-0.2, 0) is 14.9 Å². The number of nitrogen functional groups attached to an aromatic ring is 1. The summed E-state index contributed by atoms with van der Waals surface area (Å²) in [6.07, 6.45) is 8.03. The third kappa shape index (κ3) is 1.63. The molecular weight excluding hydrogens is 348 g/mol. The molecule has 6 nitrogen and oxygen atoms in total. The molecule has 116 valence electrons. The first-order chi connectivity index (χ1) is 10.5. The van der Waals surface area contributed by atoms with Gasteiger partial charge in [-0.25, -0.2) is 9.97 Å². The quantitative estimate of drug-likeness (QED) is 0.827. The Morgan fingerprint density at radius 2 is 2.14 bits per heavy atom. The molecule has 2 saturated carbocycles. The Kier molecular flexibility index (Phi) is 2.82. The van der Waals surface area contributed by atoms with Crippen molar-refractivity contribution in [2.24, 2.45) is 5.41 Å². The standard InChI is InChI=1S/C15H17BrN4O2/c1-22-13(21)15-4-2-14(8-15,3-5-15)12-19-10(16)9-11(17)18-6-7-20(9)12/h6-7H,2-5,8H2,1H3,(H2,17,18). The van der Waals surface area contributed by atoms with Crippen LogP contribution in [0.1, 0.15) is 37.9 Å². The van der Waals surface area contributed by atoms with Gasteiger partial charge in [-0.3, -0.25) is 9.20 Å². The zero-order valence-electron chi connectivity index (χ0n) is 12.3. The highest BCUT2D eigenvalue weighted by Gasteiger charge is 2.60. The Hall–Kier alpha value is -1.63. The highest BCUT2D eigenvalue weighted by Crippen LogP contribution is 2.62. The Balaban J connectivity index is 1.85. The monoisotopic (exact) mass is 364 g/mol.